The van der Waals surface area contributed by atoms with Crippen molar-refractivity contribution in [1.29, 1.82) is 0 Å². The van der Waals surface area contributed by atoms with Crippen molar-refractivity contribution in [3.05, 3.63) is 22.2 Å². The molecule has 0 amide bonds. The molecule has 0 atom stereocenters. The van der Waals surface area contributed by atoms with E-state index in [4.69, 9.17) is 9.47 Å². The van der Waals surface area contributed by atoms with Crippen LogP contribution in [-0.2, 0) is 6.54 Å². The molecule has 0 bridgehead atoms. The number of ether oxygens (including phenoxy) is 2. The van der Waals surface area contributed by atoms with Gasteiger partial charge in [-0.25, -0.2) is 0 Å². The normalized spacial score (nSPS) is 10.4. The molecule has 1 N–H and O–H groups in total. The molecule has 0 saturated heterocycles. The zero-order chi connectivity index (χ0) is 13.4. The maximum atomic E-state index is 5.70. The Kier molecular flexibility index (Phi) is 7.13. The maximum absolute atomic E-state index is 5.70. The lowest BCUT2D eigenvalue weighted by Crippen LogP contribution is -2.12. The minimum Gasteiger partial charge on any atom is -0.490 e. The van der Waals surface area contributed by atoms with Crippen molar-refractivity contribution in [2.75, 3.05) is 19.8 Å². The molecule has 4 heteroatoms. The first-order valence-corrected chi connectivity index (χ1v) is 7.30. The van der Waals surface area contributed by atoms with Gasteiger partial charge in [0, 0.05) is 11.0 Å². The van der Waals surface area contributed by atoms with Crippen LogP contribution in [0.4, 0.5) is 0 Å². The zero-order valence-electron chi connectivity index (χ0n) is 11.4. The van der Waals surface area contributed by atoms with Crippen LogP contribution in [0, 0.1) is 0 Å². The summed E-state index contributed by atoms with van der Waals surface area (Å²) in [4.78, 5) is 0. The van der Waals surface area contributed by atoms with Gasteiger partial charge in [0.05, 0.1) is 13.2 Å². The van der Waals surface area contributed by atoms with Crippen LogP contribution in [0.3, 0.4) is 0 Å². The van der Waals surface area contributed by atoms with E-state index in [1.165, 1.54) is 5.56 Å². The highest BCUT2D eigenvalue weighted by molar-refractivity contribution is 9.10. The molecule has 0 heterocycles. The van der Waals surface area contributed by atoms with E-state index in [2.05, 4.69) is 35.1 Å². The highest BCUT2D eigenvalue weighted by Crippen LogP contribution is 2.34. The Hall–Kier alpha value is -0.740. The van der Waals surface area contributed by atoms with Gasteiger partial charge in [0.15, 0.2) is 11.5 Å². The van der Waals surface area contributed by atoms with Crippen LogP contribution in [0.15, 0.2) is 16.6 Å². The Morgan fingerprint density at radius 2 is 1.83 bits per heavy atom. The summed E-state index contributed by atoms with van der Waals surface area (Å²) in [6, 6.07) is 4.04. The number of benzene rings is 1. The van der Waals surface area contributed by atoms with E-state index in [9.17, 15) is 0 Å². The number of halogens is 1. The second-order valence-electron chi connectivity index (χ2n) is 3.95. The summed E-state index contributed by atoms with van der Waals surface area (Å²) in [5, 5.41) is 3.31. The van der Waals surface area contributed by atoms with Crippen LogP contribution in [0.2, 0.25) is 0 Å². The Morgan fingerprint density at radius 3 is 2.44 bits per heavy atom. The first-order chi connectivity index (χ1) is 8.72. The molecule has 0 aliphatic rings. The van der Waals surface area contributed by atoms with Gasteiger partial charge in [0.25, 0.3) is 0 Å². The lowest BCUT2D eigenvalue weighted by atomic mass is 10.2. The van der Waals surface area contributed by atoms with Crippen LogP contribution in [0.5, 0.6) is 11.5 Å². The fourth-order valence-corrected chi connectivity index (χ4v) is 2.03. The molecule has 1 aromatic rings. The summed E-state index contributed by atoms with van der Waals surface area (Å²) < 4.78 is 12.4. The minimum atomic E-state index is 0.644. The first kappa shape index (κ1) is 15.3. The molecule has 102 valence electrons. The Bertz CT molecular complexity index is 369. The molecule has 0 fully saturated rings. The summed E-state index contributed by atoms with van der Waals surface area (Å²) in [7, 11) is 0. The predicted molar refractivity (Wildman–Crippen MR) is 78.5 cm³/mol. The van der Waals surface area contributed by atoms with Gasteiger partial charge in [0.2, 0.25) is 0 Å². The van der Waals surface area contributed by atoms with Crippen LogP contribution in [0.1, 0.15) is 32.8 Å². The largest absolute Gasteiger partial charge is 0.490 e. The van der Waals surface area contributed by atoms with Gasteiger partial charge in [-0.3, -0.25) is 0 Å². The van der Waals surface area contributed by atoms with Gasteiger partial charge in [-0.2, -0.15) is 0 Å². The van der Waals surface area contributed by atoms with Crippen molar-refractivity contribution in [3.8, 4) is 11.5 Å². The molecule has 0 saturated carbocycles. The summed E-state index contributed by atoms with van der Waals surface area (Å²) >= 11 is 3.58. The maximum Gasteiger partial charge on any atom is 0.162 e. The van der Waals surface area contributed by atoms with Crippen LogP contribution in [-0.4, -0.2) is 19.8 Å². The smallest absolute Gasteiger partial charge is 0.162 e. The topological polar surface area (TPSA) is 30.5 Å². The molecule has 0 aliphatic heterocycles. The third-order valence-corrected chi connectivity index (χ3v) is 3.18. The van der Waals surface area contributed by atoms with Crippen molar-refractivity contribution in [3.63, 3.8) is 0 Å². The third kappa shape index (κ3) is 4.50. The van der Waals surface area contributed by atoms with Crippen molar-refractivity contribution in [2.45, 2.75) is 33.7 Å². The van der Waals surface area contributed by atoms with E-state index in [0.717, 1.165) is 35.5 Å². The number of rotatable bonds is 8. The molecule has 0 aliphatic carbocycles. The molecule has 0 radical (unpaired) electrons. The van der Waals surface area contributed by atoms with E-state index >= 15 is 0 Å². The summed E-state index contributed by atoms with van der Waals surface area (Å²) in [5.41, 5.74) is 1.18. The van der Waals surface area contributed by atoms with Crippen molar-refractivity contribution < 1.29 is 9.47 Å². The van der Waals surface area contributed by atoms with Crippen LogP contribution < -0.4 is 14.8 Å². The lowest BCUT2D eigenvalue weighted by molar-refractivity contribution is 0.276. The van der Waals surface area contributed by atoms with Gasteiger partial charge >= 0.3 is 0 Å². The molecule has 18 heavy (non-hydrogen) atoms. The molecule has 0 unspecified atom stereocenters. The second kappa shape index (κ2) is 8.38. The van der Waals surface area contributed by atoms with E-state index in [1.807, 2.05) is 19.1 Å². The molecular formula is C14H22BrNO2. The van der Waals surface area contributed by atoms with E-state index < -0.39 is 0 Å². The predicted octanol–water partition coefficient (Wildman–Crippen LogP) is 3.75. The van der Waals surface area contributed by atoms with Crippen molar-refractivity contribution in [2.24, 2.45) is 0 Å². The first-order valence-electron chi connectivity index (χ1n) is 6.51. The molecule has 3 nitrogen and oxygen atoms in total. The highest BCUT2D eigenvalue weighted by atomic mass is 79.9. The molecule has 0 aromatic heterocycles. The van der Waals surface area contributed by atoms with Gasteiger partial charge in [-0.1, -0.05) is 29.8 Å². The van der Waals surface area contributed by atoms with Crippen LogP contribution in [0.25, 0.3) is 0 Å². The average molecular weight is 316 g/mol. The van der Waals surface area contributed by atoms with Gasteiger partial charge in [-0.05, 0) is 37.6 Å². The summed E-state index contributed by atoms with van der Waals surface area (Å²) in [6.45, 7) is 9.29. The third-order valence-electron chi connectivity index (χ3n) is 2.44. The average Bonchev–Trinajstić information content (AvgIpc) is 2.37. The quantitative estimate of drug-likeness (QED) is 0.792. The monoisotopic (exact) mass is 315 g/mol. The van der Waals surface area contributed by atoms with Gasteiger partial charge in [-0.15, -0.1) is 0 Å². The SMILES string of the molecule is CCCOc1cc(Br)c(CNCC)cc1OCC. The van der Waals surface area contributed by atoms with Crippen LogP contribution >= 0.6 is 15.9 Å². The fourth-order valence-electron chi connectivity index (χ4n) is 1.57. The summed E-state index contributed by atoms with van der Waals surface area (Å²) in [5.74, 6) is 1.63. The zero-order valence-corrected chi connectivity index (χ0v) is 13.0. The Morgan fingerprint density at radius 1 is 1.11 bits per heavy atom. The molecular weight excluding hydrogens is 294 g/mol. The number of hydrogen-bond donors (Lipinski definition) is 1. The summed E-state index contributed by atoms with van der Waals surface area (Å²) in [6.07, 6.45) is 0.988. The molecule has 1 aromatic carbocycles. The van der Waals surface area contributed by atoms with E-state index in [-0.39, 0.29) is 0 Å². The van der Waals surface area contributed by atoms with Crippen molar-refractivity contribution in [1.82, 2.24) is 5.32 Å². The number of hydrogen-bond acceptors (Lipinski definition) is 3. The van der Waals surface area contributed by atoms with Crippen molar-refractivity contribution >= 4 is 15.9 Å². The number of nitrogens with one attached hydrogen (secondary N) is 1. The fraction of sp³-hybridized carbons (Fsp3) is 0.571. The Labute approximate surface area is 118 Å². The molecule has 1 rings (SSSR count). The minimum absolute atomic E-state index is 0.644. The van der Waals surface area contributed by atoms with E-state index in [0.29, 0.717) is 13.2 Å². The Balaban J connectivity index is 2.92. The van der Waals surface area contributed by atoms with Gasteiger partial charge in [0.1, 0.15) is 0 Å². The molecule has 0 spiro atoms. The van der Waals surface area contributed by atoms with Gasteiger partial charge < -0.3 is 14.8 Å². The lowest BCUT2D eigenvalue weighted by Gasteiger charge is -2.14. The van der Waals surface area contributed by atoms with E-state index in [1.54, 1.807) is 0 Å². The standard InChI is InChI=1S/C14H22BrNO2/c1-4-7-18-14-9-12(15)11(10-16-5-2)8-13(14)17-6-3/h8-9,16H,4-7,10H2,1-3H3. The highest BCUT2D eigenvalue weighted by Gasteiger charge is 2.10. The second-order valence-corrected chi connectivity index (χ2v) is 4.81.